The predicted molar refractivity (Wildman–Crippen MR) is 148 cm³/mol. The molecule has 1 saturated carbocycles. The summed E-state index contributed by atoms with van der Waals surface area (Å²) in [5, 5.41) is 8.23. The van der Waals surface area contributed by atoms with Crippen molar-refractivity contribution in [3.05, 3.63) is 0 Å². The first-order valence-corrected chi connectivity index (χ1v) is 15.3. The highest BCUT2D eigenvalue weighted by Gasteiger charge is 2.30. The molecule has 39 heavy (non-hydrogen) atoms. The Hall–Kier alpha value is -2.25. The first-order valence-electron chi connectivity index (χ1n) is 13.6. The van der Waals surface area contributed by atoms with Crippen LogP contribution in [-0.2, 0) is 33.9 Å². The zero-order valence-corrected chi connectivity index (χ0v) is 25.1. The smallest absolute Gasteiger partial charge is 0.326 e. The number of carbonyl (C=O) groups is 3. The third-order valence-corrected chi connectivity index (χ3v) is 7.86. The summed E-state index contributed by atoms with van der Waals surface area (Å²) in [6, 6.07) is 0. The number of nitrogens with two attached hydrogens (primary N) is 1. The Labute approximate surface area is 233 Å². The van der Waals surface area contributed by atoms with Gasteiger partial charge in [-0.25, -0.2) is 13.6 Å². The zero-order chi connectivity index (χ0) is 29.4. The molecule has 0 atom stereocenters. The third kappa shape index (κ3) is 12.6. The summed E-state index contributed by atoms with van der Waals surface area (Å²) in [4.78, 5) is 45.7. The molecule has 0 radical (unpaired) electrons. The van der Waals surface area contributed by atoms with Crippen LogP contribution in [-0.4, -0.2) is 104 Å². The van der Waals surface area contributed by atoms with E-state index in [2.05, 4.69) is 10.3 Å². The number of carbonyl (C=O) groups excluding carboxylic acids is 3. The molecule has 1 fully saturated rings. The van der Waals surface area contributed by atoms with Gasteiger partial charge in [-0.1, -0.05) is 0 Å². The molecule has 1 aliphatic carbocycles. The van der Waals surface area contributed by atoms with Gasteiger partial charge in [0.15, 0.2) is 0 Å². The molecule has 3 N–H and O–H groups in total. The molecule has 12 nitrogen and oxygen atoms in total. The van der Waals surface area contributed by atoms with Crippen molar-refractivity contribution in [3.63, 3.8) is 0 Å². The van der Waals surface area contributed by atoms with Gasteiger partial charge in [0, 0.05) is 6.54 Å². The summed E-state index contributed by atoms with van der Waals surface area (Å²) in [6.07, 6.45) is 3.82. The minimum Gasteiger partial charge on any atom is -0.459 e. The van der Waals surface area contributed by atoms with Crippen LogP contribution >= 0.6 is 0 Å². The van der Waals surface area contributed by atoms with Crippen molar-refractivity contribution in [1.29, 1.82) is 0 Å². The van der Waals surface area contributed by atoms with E-state index in [0.717, 1.165) is 31.6 Å². The number of sulfonamides is 1. The summed E-state index contributed by atoms with van der Waals surface area (Å²) in [5.41, 5.74) is -1.45. The molecule has 2 rings (SSSR count). The first kappa shape index (κ1) is 33.0. The number of nitrogens with zero attached hydrogens (tertiary/aromatic N) is 3. The van der Waals surface area contributed by atoms with E-state index in [1.165, 1.54) is 4.90 Å². The Morgan fingerprint density at radius 2 is 1.54 bits per heavy atom. The van der Waals surface area contributed by atoms with Crippen molar-refractivity contribution in [2.24, 2.45) is 16.0 Å². The fourth-order valence-electron chi connectivity index (χ4n) is 4.68. The van der Waals surface area contributed by atoms with E-state index in [9.17, 15) is 22.8 Å². The van der Waals surface area contributed by atoms with E-state index in [1.807, 2.05) is 4.90 Å². The highest BCUT2D eigenvalue weighted by molar-refractivity contribution is 7.89. The maximum Gasteiger partial charge on any atom is 0.326 e. The van der Waals surface area contributed by atoms with Crippen molar-refractivity contribution >= 4 is 33.7 Å². The van der Waals surface area contributed by atoms with Crippen molar-refractivity contribution in [1.82, 2.24) is 15.1 Å². The first-order chi connectivity index (χ1) is 17.9. The van der Waals surface area contributed by atoms with Gasteiger partial charge in [-0.3, -0.25) is 19.4 Å². The van der Waals surface area contributed by atoms with Crippen molar-refractivity contribution < 1.29 is 32.3 Å². The SMILES string of the molecule is CC(C)(C)OC(=O)CN(CC(=O)OC(C)(C)C)C(=O)CN1CCN=C1CNCCC1CCC(S(N)(=O)=O)CC1. The number of amidine groups is 1. The number of hydrogen-bond donors (Lipinski definition) is 2. The van der Waals surface area contributed by atoms with Crippen LogP contribution in [0.3, 0.4) is 0 Å². The molecule has 0 spiro atoms. The molecular formula is C26H47N5O7S. The molecule has 0 aromatic carbocycles. The fraction of sp³-hybridized carbons (Fsp3) is 0.846. The lowest BCUT2D eigenvalue weighted by Crippen LogP contribution is -2.48. The molecule has 1 aliphatic heterocycles. The summed E-state index contributed by atoms with van der Waals surface area (Å²) in [5.74, 6) is -0.402. The van der Waals surface area contributed by atoms with Gasteiger partial charge in [-0.2, -0.15) is 0 Å². The van der Waals surface area contributed by atoms with E-state index in [-0.39, 0.29) is 19.6 Å². The van der Waals surface area contributed by atoms with Gasteiger partial charge in [-0.15, -0.1) is 0 Å². The van der Waals surface area contributed by atoms with Gasteiger partial charge < -0.3 is 24.6 Å². The maximum absolute atomic E-state index is 13.2. The van der Waals surface area contributed by atoms with E-state index >= 15 is 0 Å². The Bertz CT molecular complexity index is 963. The van der Waals surface area contributed by atoms with Gasteiger partial charge in [0.25, 0.3) is 0 Å². The van der Waals surface area contributed by atoms with Gasteiger partial charge >= 0.3 is 11.9 Å². The van der Waals surface area contributed by atoms with Gasteiger partial charge in [0.2, 0.25) is 15.9 Å². The second-order valence-corrected chi connectivity index (χ2v) is 14.2. The number of primary sulfonamides is 1. The van der Waals surface area contributed by atoms with E-state index < -0.39 is 44.3 Å². The molecule has 2 aliphatic rings. The van der Waals surface area contributed by atoms with Crippen LogP contribution in [0.25, 0.3) is 0 Å². The van der Waals surface area contributed by atoms with E-state index in [0.29, 0.717) is 38.4 Å². The second kappa shape index (κ2) is 13.9. The largest absolute Gasteiger partial charge is 0.459 e. The molecule has 1 heterocycles. The van der Waals surface area contributed by atoms with Crippen LogP contribution in [0.2, 0.25) is 0 Å². The Morgan fingerprint density at radius 3 is 2.03 bits per heavy atom. The third-order valence-electron chi connectivity index (χ3n) is 6.46. The maximum atomic E-state index is 13.2. The number of rotatable bonds is 12. The van der Waals surface area contributed by atoms with Crippen LogP contribution in [0, 0.1) is 5.92 Å². The van der Waals surface area contributed by atoms with Crippen molar-refractivity contribution in [2.75, 3.05) is 45.8 Å². The molecule has 0 bridgehead atoms. The van der Waals surface area contributed by atoms with Crippen molar-refractivity contribution in [3.8, 4) is 0 Å². The summed E-state index contributed by atoms with van der Waals surface area (Å²) in [7, 11) is -3.46. The normalized spacial score (nSPS) is 20.4. The fourth-order valence-corrected chi connectivity index (χ4v) is 5.61. The molecule has 0 aromatic rings. The van der Waals surface area contributed by atoms with Crippen LogP contribution in [0.15, 0.2) is 4.99 Å². The van der Waals surface area contributed by atoms with Crippen molar-refractivity contribution in [2.45, 2.75) is 90.1 Å². The number of amides is 1. The number of ether oxygens (including phenoxy) is 2. The molecule has 13 heteroatoms. The molecule has 0 aromatic heterocycles. The number of hydrogen-bond acceptors (Lipinski definition) is 10. The monoisotopic (exact) mass is 573 g/mol. The summed E-state index contributed by atoms with van der Waals surface area (Å²) >= 11 is 0. The average Bonchev–Trinajstić information content (AvgIpc) is 3.20. The second-order valence-electron chi connectivity index (χ2n) is 12.3. The lowest BCUT2D eigenvalue weighted by Gasteiger charge is -2.29. The molecule has 1 amide bonds. The summed E-state index contributed by atoms with van der Waals surface area (Å²) in [6.45, 7) is 12.0. The topological polar surface area (TPSA) is 161 Å². The lowest BCUT2D eigenvalue weighted by molar-refractivity contribution is -0.163. The van der Waals surface area contributed by atoms with Gasteiger partial charge in [0.05, 0.1) is 24.9 Å². The highest BCUT2D eigenvalue weighted by atomic mass is 32.2. The lowest BCUT2D eigenvalue weighted by atomic mass is 9.87. The van der Waals surface area contributed by atoms with E-state index in [1.54, 1.807) is 41.5 Å². The molecular weight excluding hydrogens is 526 g/mol. The van der Waals surface area contributed by atoms with Crippen LogP contribution in [0.4, 0.5) is 0 Å². The Morgan fingerprint density at radius 1 is 1.00 bits per heavy atom. The standard InChI is InChI=1S/C26H47N5O7S/c1-25(2,3)37-23(33)17-31(18-24(34)38-26(4,5)6)22(32)16-30-14-13-29-21(30)15-28-12-11-19-7-9-20(10-8-19)39(27,35)36/h19-20,28H,7-18H2,1-6H3,(H2,27,35,36). The van der Waals surface area contributed by atoms with Crippen LogP contribution < -0.4 is 10.5 Å². The van der Waals surface area contributed by atoms with Crippen LogP contribution in [0.1, 0.15) is 73.6 Å². The molecule has 0 unspecified atom stereocenters. The van der Waals surface area contributed by atoms with Crippen LogP contribution in [0.5, 0.6) is 0 Å². The summed E-state index contributed by atoms with van der Waals surface area (Å²) < 4.78 is 33.8. The number of esters is 2. The van der Waals surface area contributed by atoms with E-state index in [4.69, 9.17) is 14.6 Å². The Kier molecular flexibility index (Phi) is 11.7. The number of aliphatic imine (C=N–C) groups is 1. The van der Waals surface area contributed by atoms with Gasteiger partial charge in [0.1, 0.15) is 30.1 Å². The van der Waals surface area contributed by atoms with Gasteiger partial charge in [-0.05, 0) is 86.1 Å². The minimum atomic E-state index is -3.46. The predicted octanol–water partition coefficient (Wildman–Crippen LogP) is 1.04. The average molecular weight is 574 g/mol. The highest BCUT2D eigenvalue weighted by Crippen LogP contribution is 2.29. The number of nitrogens with one attached hydrogen (secondary N) is 1. The quantitative estimate of drug-likeness (QED) is 0.257. The Balaban J connectivity index is 1.87. The zero-order valence-electron chi connectivity index (χ0n) is 24.3. The minimum absolute atomic E-state index is 0.0241. The molecule has 0 saturated heterocycles. The molecule has 224 valence electrons.